The van der Waals surface area contributed by atoms with Crippen LogP contribution in [0.25, 0.3) is 0 Å². The van der Waals surface area contributed by atoms with Crippen LogP contribution in [0.2, 0.25) is 0 Å². The SMILES string of the molecule is NS(=O)(=O)c1ccc(CNc2cc(F)ccc2[N+](=O)[O-])o1. The van der Waals surface area contributed by atoms with Gasteiger partial charge in [-0.05, 0) is 18.2 Å². The van der Waals surface area contributed by atoms with Crippen LogP contribution in [0.4, 0.5) is 15.8 Å². The summed E-state index contributed by atoms with van der Waals surface area (Å²) in [6, 6.07) is 5.46. The van der Waals surface area contributed by atoms with E-state index in [1.807, 2.05) is 0 Å². The molecule has 0 aliphatic heterocycles. The van der Waals surface area contributed by atoms with Crippen LogP contribution < -0.4 is 10.5 Å². The molecule has 0 spiro atoms. The highest BCUT2D eigenvalue weighted by atomic mass is 32.2. The predicted octanol–water partition coefficient (Wildman–Crippen LogP) is 1.59. The van der Waals surface area contributed by atoms with Crippen molar-refractivity contribution in [1.82, 2.24) is 0 Å². The molecule has 1 heterocycles. The van der Waals surface area contributed by atoms with Gasteiger partial charge in [-0.3, -0.25) is 10.1 Å². The van der Waals surface area contributed by atoms with Gasteiger partial charge < -0.3 is 9.73 Å². The maximum absolute atomic E-state index is 13.1. The molecule has 0 amide bonds. The number of hydrogen-bond donors (Lipinski definition) is 2. The normalized spacial score (nSPS) is 11.3. The van der Waals surface area contributed by atoms with Crippen molar-refractivity contribution in [3.8, 4) is 0 Å². The van der Waals surface area contributed by atoms with Crippen molar-refractivity contribution in [2.24, 2.45) is 5.14 Å². The van der Waals surface area contributed by atoms with E-state index in [1.54, 1.807) is 0 Å². The average molecular weight is 315 g/mol. The number of anilines is 1. The zero-order chi connectivity index (χ0) is 15.6. The second kappa shape index (κ2) is 5.50. The third-order valence-corrected chi connectivity index (χ3v) is 3.31. The number of primary sulfonamides is 1. The minimum atomic E-state index is -3.96. The van der Waals surface area contributed by atoms with Crippen LogP contribution in [0.15, 0.2) is 39.8 Å². The number of nitrogens with two attached hydrogens (primary N) is 1. The topological polar surface area (TPSA) is 128 Å². The van der Waals surface area contributed by atoms with Crippen molar-refractivity contribution in [1.29, 1.82) is 0 Å². The minimum Gasteiger partial charge on any atom is -0.446 e. The highest BCUT2D eigenvalue weighted by Crippen LogP contribution is 2.25. The van der Waals surface area contributed by atoms with Crippen molar-refractivity contribution >= 4 is 21.4 Å². The maximum Gasteiger partial charge on any atom is 0.292 e. The number of nitro groups is 1. The summed E-state index contributed by atoms with van der Waals surface area (Å²) >= 11 is 0. The summed E-state index contributed by atoms with van der Waals surface area (Å²) in [6.45, 7) is -0.0696. The van der Waals surface area contributed by atoms with Gasteiger partial charge in [-0.2, -0.15) is 0 Å². The monoisotopic (exact) mass is 315 g/mol. The summed E-state index contributed by atoms with van der Waals surface area (Å²) in [7, 11) is -3.96. The van der Waals surface area contributed by atoms with E-state index in [1.165, 1.54) is 6.07 Å². The largest absolute Gasteiger partial charge is 0.446 e. The fraction of sp³-hybridized carbons (Fsp3) is 0.0909. The summed E-state index contributed by atoms with van der Waals surface area (Å²) in [6.07, 6.45) is 0. The molecule has 3 N–H and O–H groups in total. The Morgan fingerprint density at radius 3 is 2.62 bits per heavy atom. The van der Waals surface area contributed by atoms with Gasteiger partial charge in [-0.15, -0.1) is 0 Å². The van der Waals surface area contributed by atoms with Crippen molar-refractivity contribution < 1.29 is 22.1 Å². The molecular formula is C11H10FN3O5S. The number of rotatable bonds is 5. The lowest BCUT2D eigenvalue weighted by Crippen LogP contribution is -2.10. The molecule has 0 saturated carbocycles. The van der Waals surface area contributed by atoms with Gasteiger partial charge in [0.15, 0.2) is 0 Å². The summed E-state index contributed by atoms with van der Waals surface area (Å²) in [5.74, 6) is -0.467. The maximum atomic E-state index is 13.1. The Bertz CT molecular complexity index is 787. The first-order valence-corrected chi connectivity index (χ1v) is 7.11. The van der Waals surface area contributed by atoms with Crippen molar-refractivity contribution in [2.45, 2.75) is 11.6 Å². The van der Waals surface area contributed by atoms with E-state index in [4.69, 9.17) is 9.56 Å². The molecule has 0 fully saturated rings. The Balaban J connectivity index is 2.18. The van der Waals surface area contributed by atoms with Crippen LogP contribution in [0.5, 0.6) is 0 Å². The molecule has 0 aliphatic carbocycles. The molecule has 112 valence electrons. The summed E-state index contributed by atoms with van der Waals surface area (Å²) < 4.78 is 40.1. The Morgan fingerprint density at radius 2 is 2.05 bits per heavy atom. The van der Waals surface area contributed by atoms with E-state index in [2.05, 4.69) is 5.32 Å². The van der Waals surface area contributed by atoms with Gasteiger partial charge in [-0.1, -0.05) is 0 Å². The zero-order valence-corrected chi connectivity index (χ0v) is 11.3. The minimum absolute atomic E-state index is 0.0476. The van der Waals surface area contributed by atoms with Gasteiger partial charge in [0.1, 0.15) is 17.3 Å². The van der Waals surface area contributed by atoms with E-state index in [0.29, 0.717) is 0 Å². The van der Waals surface area contributed by atoms with Crippen molar-refractivity contribution in [2.75, 3.05) is 5.32 Å². The number of nitrogens with zero attached hydrogens (tertiary/aromatic N) is 1. The fourth-order valence-corrected chi connectivity index (χ4v) is 2.08. The summed E-state index contributed by atoms with van der Waals surface area (Å²) in [5.41, 5.74) is -0.358. The van der Waals surface area contributed by atoms with Crippen LogP contribution in [0.3, 0.4) is 0 Å². The lowest BCUT2D eigenvalue weighted by Gasteiger charge is -2.05. The molecule has 10 heteroatoms. The molecule has 8 nitrogen and oxygen atoms in total. The first-order chi connectivity index (χ1) is 9.77. The lowest BCUT2D eigenvalue weighted by atomic mass is 10.2. The first-order valence-electron chi connectivity index (χ1n) is 5.56. The quantitative estimate of drug-likeness (QED) is 0.636. The Kier molecular flexibility index (Phi) is 3.91. The van der Waals surface area contributed by atoms with E-state index in [9.17, 15) is 22.9 Å². The van der Waals surface area contributed by atoms with Crippen molar-refractivity contribution in [3.05, 3.63) is 52.0 Å². The van der Waals surface area contributed by atoms with Crippen LogP contribution in [-0.2, 0) is 16.6 Å². The molecule has 21 heavy (non-hydrogen) atoms. The highest BCUT2D eigenvalue weighted by molar-refractivity contribution is 7.89. The highest BCUT2D eigenvalue weighted by Gasteiger charge is 2.16. The van der Waals surface area contributed by atoms with E-state index < -0.39 is 25.9 Å². The number of halogens is 1. The van der Waals surface area contributed by atoms with Gasteiger partial charge in [0, 0.05) is 12.1 Å². The average Bonchev–Trinajstić information content (AvgIpc) is 2.84. The molecule has 1 aromatic carbocycles. The second-order valence-electron chi connectivity index (χ2n) is 4.04. The molecular weight excluding hydrogens is 305 g/mol. The molecule has 0 saturated heterocycles. The van der Waals surface area contributed by atoms with Gasteiger partial charge in [0.05, 0.1) is 11.5 Å². The third kappa shape index (κ3) is 3.55. The summed E-state index contributed by atoms with van der Waals surface area (Å²) in [4.78, 5) is 10.1. The smallest absolute Gasteiger partial charge is 0.292 e. The van der Waals surface area contributed by atoms with E-state index >= 15 is 0 Å². The predicted molar refractivity (Wildman–Crippen MR) is 70.5 cm³/mol. The zero-order valence-electron chi connectivity index (χ0n) is 10.4. The number of nitrogens with one attached hydrogen (secondary N) is 1. The molecule has 0 bridgehead atoms. The first kappa shape index (κ1) is 14.9. The summed E-state index contributed by atoms with van der Waals surface area (Å²) in [5, 5.41) is 17.9. The molecule has 0 atom stereocenters. The van der Waals surface area contributed by atoms with E-state index in [-0.39, 0.29) is 23.7 Å². The van der Waals surface area contributed by atoms with Gasteiger partial charge in [-0.25, -0.2) is 17.9 Å². The lowest BCUT2D eigenvalue weighted by molar-refractivity contribution is -0.384. The van der Waals surface area contributed by atoms with Crippen LogP contribution >= 0.6 is 0 Å². The van der Waals surface area contributed by atoms with Crippen LogP contribution in [0.1, 0.15) is 5.76 Å². The van der Waals surface area contributed by atoms with Gasteiger partial charge in [0.25, 0.3) is 15.7 Å². The Labute approximate surface area is 118 Å². The molecule has 0 unspecified atom stereocenters. The number of benzene rings is 1. The van der Waals surface area contributed by atoms with Gasteiger partial charge in [0.2, 0.25) is 5.09 Å². The second-order valence-corrected chi connectivity index (χ2v) is 5.53. The molecule has 2 aromatic rings. The number of sulfonamides is 1. The molecule has 0 radical (unpaired) electrons. The number of furan rings is 1. The number of nitro benzene ring substituents is 1. The molecule has 0 aliphatic rings. The molecule has 1 aromatic heterocycles. The Morgan fingerprint density at radius 1 is 1.33 bits per heavy atom. The fourth-order valence-electron chi connectivity index (χ4n) is 1.60. The molecule has 2 rings (SSSR count). The third-order valence-electron chi connectivity index (χ3n) is 2.53. The number of hydrogen-bond acceptors (Lipinski definition) is 6. The van der Waals surface area contributed by atoms with Crippen LogP contribution in [0, 0.1) is 15.9 Å². The van der Waals surface area contributed by atoms with E-state index in [0.717, 1.165) is 24.3 Å². The standard InChI is InChI=1S/C11H10FN3O5S/c12-7-1-3-10(15(16)17)9(5-7)14-6-8-2-4-11(20-8)21(13,18)19/h1-5,14H,6H2,(H2,13,18,19). The van der Waals surface area contributed by atoms with Crippen LogP contribution in [-0.4, -0.2) is 13.3 Å². The van der Waals surface area contributed by atoms with Gasteiger partial charge >= 0.3 is 0 Å². The Hall–Kier alpha value is -2.46. The van der Waals surface area contributed by atoms with Crippen molar-refractivity contribution in [3.63, 3.8) is 0 Å².